The molecule has 1 atom stereocenters. The minimum atomic E-state index is -0.631. The molecule has 0 saturated heterocycles. The number of hydrogen-bond donors (Lipinski definition) is 0. The zero-order valence-corrected chi connectivity index (χ0v) is 8.77. The molecule has 16 heavy (non-hydrogen) atoms. The van der Waals surface area contributed by atoms with Crippen LogP contribution in [0.5, 0.6) is 0 Å². The third-order valence-corrected chi connectivity index (χ3v) is 2.89. The van der Waals surface area contributed by atoms with Gasteiger partial charge in [-0.15, -0.1) is 0 Å². The van der Waals surface area contributed by atoms with Crippen molar-refractivity contribution in [3.8, 4) is 24.3 Å². The van der Waals surface area contributed by atoms with Gasteiger partial charge in [-0.25, -0.2) is 0 Å². The van der Waals surface area contributed by atoms with Crippen LogP contribution in [0.15, 0.2) is 11.1 Å². The van der Waals surface area contributed by atoms with Crippen molar-refractivity contribution in [2.24, 2.45) is 11.8 Å². The Morgan fingerprint density at radius 3 is 2.25 bits per heavy atom. The van der Waals surface area contributed by atoms with Crippen LogP contribution >= 0.6 is 0 Å². The highest BCUT2D eigenvalue weighted by Crippen LogP contribution is 2.34. The van der Waals surface area contributed by atoms with Gasteiger partial charge >= 0.3 is 0 Å². The highest BCUT2D eigenvalue weighted by atomic mass is 14.4. The highest BCUT2D eigenvalue weighted by Gasteiger charge is 2.26. The molecule has 0 N–H and O–H groups in total. The van der Waals surface area contributed by atoms with Crippen LogP contribution in [0.25, 0.3) is 0 Å². The average Bonchev–Trinajstić information content (AvgIpc) is 2.33. The molecule has 1 unspecified atom stereocenters. The van der Waals surface area contributed by atoms with Gasteiger partial charge in [0.25, 0.3) is 0 Å². The lowest BCUT2D eigenvalue weighted by atomic mass is 9.77. The van der Waals surface area contributed by atoms with Gasteiger partial charge in [0.15, 0.2) is 0 Å². The molecule has 78 valence electrons. The van der Waals surface area contributed by atoms with Crippen LogP contribution in [0, 0.1) is 57.2 Å². The van der Waals surface area contributed by atoms with Crippen LogP contribution in [0.4, 0.5) is 0 Å². The van der Waals surface area contributed by atoms with Crippen LogP contribution in [0.3, 0.4) is 0 Å². The molecule has 1 saturated carbocycles. The second-order valence-corrected chi connectivity index (χ2v) is 3.79. The van der Waals surface area contributed by atoms with Gasteiger partial charge in [0.2, 0.25) is 0 Å². The Hall–Kier alpha value is -2.30. The summed E-state index contributed by atoms with van der Waals surface area (Å²) in [4.78, 5) is 0. The minimum Gasteiger partial charge on any atom is -0.197 e. The van der Waals surface area contributed by atoms with Crippen LogP contribution < -0.4 is 0 Å². The third kappa shape index (κ3) is 2.38. The molecule has 0 bridgehead atoms. The molecule has 0 aromatic rings. The normalized spacial score (nSPS) is 19.1. The number of nitrogens with zero attached hydrogens (tertiary/aromatic N) is 4. The SMILES string of the molecule is N#CC(C#N)=C1CCCC(C(C#N)C#N)C1. The predicted molar refractivity (Wildman–Crippen MR) is 54.9 cm³/mol. The summed E-state index contributed by atoms with van der Waals surface area (Å²) in [6.07, 6.45) is 2.92. The van der Waals surface area contributed by atoms with E-state index in [9.17, 15) is 0 Å². The summed E-state index contributed by atoms with van der Waals surface area (Å²) >= 11 is 0. The summed E-state index contributed by atoms with van der Waals surface area (Å²) in [5, 5.41) is 35.1. The molecule has 0 amide bonds. The van der Waals surface area contributed by atoms with E-state index in [1.54, 1.807) is 0 Å². The quantitative estimate of drug-likeness (QED) is 0.619. The van der Waals surface area contributed by atoms with Crippen LogP contribution in [-0.2, 0) is 0 Å². The molecule has 1 rings (SSSR count). The van der Waals surface area contributed by atoms with Crippen molar-refractivity contribution >= 4 is 0 Å². The first-order chi connectivity index (χ1) is 7.76. The van der Waals surface area contributed by atoms with Gasteiger partial charge in [-0.1, -0.05) is 0 Å². The van der Waals surface area contributed by atoms with E-state index in [-0.39, 0.29) is 11.5 Å². The van der Waals surface area contributed by atoms with Gasteiger partial charge in [-0.2, -0.15) is 21.0 Å². The first kappa shape index (κ1) is 11.8. The van der Waals surface area contributed by atoms with E-state index in [0.717, 1.165) is 24.8 Å². The third-order valence-electron chi connectivity index (χ3n) is 2.89. The van der Waals surface area contributed by atoms with Gasteiger partial charge in [0, 0.05) is 0 Å². The number of hydrogen-bond acceptors (Lipinski definition) is 4. The Bertz CT molecular complexity index is 431. The van der Waals surface area contributed by atoms with E-state index in [4.69, 9.17) is 21.0 Å². The summed E-state index contributed by atoms with van der Waals surface area (Å²) in [7, 11) is 0. The molecule has 1 fully saturated rings. The van der Waals surface area contributed by atoms with Gasteiger partial charge in [0.1, 0.15) is 23.6 Å². The Balaban J connectivity index is 2.90. The van der Waals surface area contributed by atoms with Crippen molar-refractivity contribution in [1.82, 2.24) is 0 Å². The lowest BCUT2D eigenvalue weighted by Crippen LogP contribution is -2.17. The summed E-state index contributed by atoms with van der Waals surface area (Å²) in [6.45, 7) is 0. The Morgan fingerprint density at radius 1 is 1.12 bits per heavy atom. The fraction of sp³-hybridized carbons (Fsp3) is 0.500. The molecular formula is C12H10N4. The second-order valence-electron chi connectivity index (χ2n) is 3.79. The fourth-order valence-electron chi connectivity index (χ4n) is 2.03. The zero-order chi connectivity index (χ0) is 12.0. The number of rotatable bonds is 1. The molecule has 4 nitrogen and oxygen atoms in total. The van der Waals surface area contributed by atoms with E-state index in [1.165, 1.54) is 0 Å². The summed E-state index contributed by atoms with van der Waals surface area (Å²) in [5.41, 5.74) is 0.955. The average molecular weight is 210 g/mol. The first-order valence-corrected chi connectivity index (χ1v) is 5.08. The van der Waals surface area contributed by atoms with E-state index < -0.39 is 5.92 Å². The minimum absolute atomic E-state index is 0.0320. The Kier molecular flexibility index (Phi) is 4.08. The molecule has 0 heterocycles. The molecule has 0 aliphatic heterocycles. The van der Waals surface area contributed by atoms with E-state index >= 15 is 0 Å². The Morgan fingerprint density at radius 2 is 1.75 bits per heavy atom. The summed E-state index contributed by atoms with van der Waals surface area (Å²) < 4.78 is 0. The van der Waals surface area contributed by atoms with Crippen molar-refractivity contribution in [3.05, 3.63) is 11.1 Å². The molecule has 0 aromatic carbocycles. The van der Waals surface area contributed by atoms with Gasteiger partial charge < -0.3 is 0 Å². The van der Waals surface area contributed by atoms with Gasteiger partial charge in [-0.05, 0) is 37.2 Å². The number of allylic oxidation sites excluding steroid dienone is 2. The van der Waals surface area contributed by atoms with Gasteiger partial charge in [-0.3, -0.25) is 0 Å². The van der Waals surface area contributed by atoms with E-state index in [0.29, 0.717) is 6.42 Å². The second kappa shape index (κ2) is 5.55. The first-order valence-electron chi connectivity index (χ1n) is 5.08. The maximum absolute atomic E-state index is 8.80. The zero-order valence-electron chi connectivity index (χ0n) is 8.77. The van der Waals surface area contributed by atoms with Gasteiger partial charge in [0.05, 0.1) is 12.1 Å². The molecule has 0 spiro atoms. The lowest BCUT2D eigenvalue weighted by Gasteiger charge is -2.24. The van der Waals surface area contributed by atoms with Crippen LogP contribution in [-0.4, -0.2) is 0 Å². The highest BCUT2D eigenvalue weighted by molar-refractivity contribution is 5.40. The largest absolute Gasteiger partial charge is 0.197 e. The molecule has 1 aliphatic carbocycles. The maximum Gasteiger partial charge on any atom is 0.136 e. The lowest BCUT2D eigenvalue weighted by molar-refractivity contribution is 0.377. The molecule has 0 radical (unpaired) electrons. The van der Waals surface area contributed by atoms with Crippen LogP contribution in [0.2, 0.25) is 0 Å². The summed E-state index contributed by atoms with van der Waals surface area (Å²) in [5.74, 6) is -0.663. The van der Waals surface area contributed by atoms with E-state index in [2.05, 4.69) is 0 Å². The predicted octanol–water partition coefficient (Wildman–Crippen LogP) is 2.18. The standard InChI is InChI=1S/C12H10N4/c13-5-11(6-14)9-2-1-3-10(4-9)12(7-15)8-16/h9,11H,1-4H2. The van der Waals surface area contributed by atoms with E-state index in [1.807, 2.05) is 24.3 Å². The van der Waals surface area contributed by atoms with Crippen molar-refractivity contribution in [1.29, 1.82) is 21.0 Å². The smallest absolute Gasteiger partial charge is 0.136 e. The van der Waals surface area contributed by atoms with Crippen molar-refractivity contribution in [3.63, 3.8) is 0 Å². The van der Waals surface area contributed by atoms with Crippen LogP contribution in [0.1, 0.15) is 25.7 Å². The molecular weight excluding hydrogens is 200 g/mol. The number of nitriles is 4. The molecule has 0 aromatic heterocycles. The fourth-order valence-corrected chi connectivity index (χ4v) is 2.03. The monoisotopic (exact) mass is 210 g/mol. The molecule has 1 aliphatic rings. The summed E-state index contributed by atoms with van der Waals surface area (Å²) in [6, 6.07) is 7.67. The topological polar surface area (TPSA) is 95.2 Å². The van der Waals surface area contributed by atoms with Crippen molar-refractivity contribution in [2.45, 2.75) is 25.7 Å². The molecule has 4 heteroatoms. The Labute approximate surface area is 94.6 Å². The van der Waals surface area contributed by atoms with Crippen molar-refractivity contribution in [2.75, 3.05) is 0 Å². The van der Waals surface area contributed by atoms with Crippen molar-refractivity contribution < 1.29 is 0 Å². The maximum atomic E-state index is 8.80.